The molecule has 0 spiro atoms. The van der Waals surface area contributed by atoms with E-state index in [2.05, 4.69) is 9.80 Å². The van der Waals surface area contributed by atoms with E-state index in [1.165, 1.54) is 36.4 Å². The van der Waals surface area contributed by atoms with Gasteiger partial charge < -0.3 is 4.90 Å². The Labute approximate surface area is 146 Å². The third-order valence-corrected chi connectivity index (χ3v) is 4.61. The van der Waals surface area contributed by atoms with E-state index >= 15 is 0 Å². The molecule has 25 heavy (non-hydrogen) atoms. The van der Waals surface area contributed by atoms with Crippen LogP contribution < -0.4 is 0 Å². The number of halogens is 2. The predicted octanol–water partition coefficient (Wildman–Crippen LogP) is 3.36. The molecule has 1 saturated heterocycles. The number of carbonyl (C=O) groups excluding carboxylic acids is 1. The van der Waals surface area contributed by atoms with Crippen molar-refractivity contribution in [2.24, 2.45) is 0 Å². The highest BCUT2D eigenvalue weighted by molar-refractivity contribution is 5.96. The van der Waals surface area contributed by atoms with Crippen molar-refractivity contribution < 1.29 is 13.6 Å². The fourth-order valence-electron chi connectivity index (χ4n) is 3.06. The molecule has 0 saturated carbocycles. The lowest BCUT2D eigenvalue weighted by Gasteiger charge is -2.34. The van der Waals surface area contributed by atoms with Crippen molar-refractivity contribution in [3.63, 3.8) is 0 Å². The summed E-state index contributed by atoms with van der Waals surface area (Å²) in [6.45, 7) is 5.24. The lowest BCUT2D eigenvalue weighted by atomic mass is 10.1. The van der Waals surface area contributed by atoms with E-state index in [4.69, 9.17) is 0 Å². The highest BCUT2D eigenvalue weighted by atomic mass is 19.1. The molecule has 0 aliphatic carbocycles. The molecule has 0 radical (unpaired) electrons. The highest BCUT2D eigenvalue weighted by Crippen LogP contribution is 2.11. The molecule has 0 unspecified atom stereocenters. The summed E-state index contributed by atoms with van der Waals surface area (Å²) in [5.41, 5.74) is 1.68. The minimum atomic E-state index is -0.325. The summed E-state index contributed by atoms with van der Waals surface area (Å²) in [6, 6.07) is 12.4. The zero-order chi connectivity index (χ0) is 17.6. The number of hydrogen-bond donors (Lipinski definition) is 0. The first-order valence-electron chi connectivity index (χ1n) is 8.58. The highest BCUT2D eigenvalue weighted by Gasteiger charge is 2.18. The second-order valence-corrected chi connectivity index (χ2v) is 6.42. The molecule has 1 aliphatic heterocycles. The Kier molecular flexibility index (Phi) is 5.89. The molecule has 0 aromatic heterocycles. The molecule has 3 rings (SSSR count). The number of Topliss-reactive ketones (excluding diaryl/α,β-unsaturated/α-hetero) is 1. The second kappa shape index (κ2) is 8.32. The lowest BCUT2D eigenvalue weighted by molar-refractivity contribution is 0.0922. The zero-order valence-corrected chi connectivity index (χ0v) is 14.1. The minimum Gasteiger partial charge on any atom is -0.300 e. The van der Waals surface area contributed by atoms with Crippen LogP contribution in [-0.2, 0) is 6.54 Å². The van der Waals surface area contributed by atoms with Gasteiger partial charge in [0.15, 0.2) is 5.78 Å². The maximum atomic E-state index is 12.9. The van der Waals surface area contributed by atoms with E-state index in [1.807, 2.05) is 12.1 Å². The molecule has 0 amide bonds. The standard InChI is InChI=1S/C20H22F2N2O/c21-18-5-1-16(2-6-18)15-24-13-11-23(12-14-24)10-9-20(25)17-3-7-19(22)8-4-17/h1-8H,9-15H2. The zero-order valence-electron chi connectivity index (χ0n) is 14.1. The minimum absolute atomic E-state index is 0.0498. The van der Waals surface area contributed by atoms with Crippen LogP contribution in [-0.4, -0.2) is 48.3 Å². The number of carbonyl (C=O) groups is 1. The Balaban J connectivity index is 1.41. The first-order chi connectivity index (χ1) is 12.1. The van der Waals surface area contributed by atoms with Crippen LogP contribution in [0.1, 0.15) is 22.3 Å². The smallest absolute Gasteiger partial charge is 0.164 e. The molecule has 0 atom stereocenters. The van der Waals surface area contributed by atoms with Crippen LogP contribution in [0.2, 0.25) is 0 Å². The van der Waals surface area contributed by atoms with Gasteiger partial charge in [-0.05, 0) is 42.0 Å². The Hall–Kier alpha value is -2.11. The van der Waals surface area contributed by atoms with Gasteiger partial charge in [-0.15, -0.1) is 0 Å². The third-order valence-electron chi connectivity index (χ3n) is 4.61. The van der Waals surface area contributed by atoms with Crippen molar-refractivity contribution in [1.82, 2.24) is 9.80 Å². The maximum Gasteiger partial charge on any atom is 0.164 e. The van der Waals surface area contributed by atoms with E-state index in [0.29, 0.717) is 12.0 Å². The average molecular weight is 344 g/mol. The molecule has 2 aromatic rings. The monoisotopic (exact) mass is 344 g/mol. The molecule has 2 aromatic carbocycles. The van der Waals surface area contributed by atoms with Crippen LogP contribution in [0.15, 0.2) is 48.5 Å². The van der Waals surface area contributed by atoms with Crippen molar-refractivity contribution in [3.8, 4) is 0 Å². The Morgan fingerprint density at radius 3 is 1.92 bits per heavy atom. The molecule has 0 N–H and O–H groups in total. The van der Waals surface area contributed by atoms with Crippen molar-refractivity contribution in [3.05, 3.63) is 71.3 Å². The normalized spacial score (nSPS) is 16.1. The summed E-state index contributed by atoms with van der Waals surface area (Å²) in [5, 5.41) is 0. The van der Waals surface area contributed by atoms with E-state index < -0.39 is 0 Å². The van der Waals surface area contributed by atoms with Crippen molar-refractivity contribution in [1.29, 1.82) is 0 Å². The van der Waals surface area contributed by atoms with Gasteiger partial charge in [0.05, 0.1) is 0 Å². The number of ketones is 1. The van der Waals surface area contributed by atoms with Crippen molar-refractivity contribution in [2.45, 2.75) is 13.0 Å². The molecular weight excluding hydrogens is 322 g/mol. The van der Waals surface area contributed by atoms with Crippen LogP contribution in [0.4, 0.5) is 8.78 Å². The third kappa shape index (κ3) is 5.18. The van der Waals surface area contributed by atoms with Crippen molar-refractivity contribution >= 4 is 5.78 Å². The molecule has 1 fully saturated rings. The summed E-state index contributed by atoms with van der Waals surface area (Å²) >= 11 is 0. The van der Waals surface area contributed by atoms with Gasteiger partial charge in [-0.2, -0.15) is 0 Å². The van der Waals surface area contributed by atoms with Gasteiger partial charge in [-0.25, -0.2) is 8.78 Å². The molecule has 132 valence electrons. The quantitative estimate of drug-likeness (QED) is 0.751. The number of nitrogens with zero attached hydrogens (tertiary/aromatic N) is 2. The Bertz CT molecular complexity index is 693. The summed E-state index contributed by atoms with van der Waals surface area (Å²) in [4.78, 5) is 16.8. The van der Waals surface area contributed by atoms with Gasteiger partial charge in [-0.1, -0.05) is 12.1 Å². The number of hydrogen-bond acceptors (Lipinski definition) is 3. The lowest BCUT2D eigenvalue weighted by Crippen LogP contribution is -2.46. The molecule has 3 nitrogen and oxygen atoms in total. The van der Waals surface area contributed by atoms with Gasteiger partial charge >= 0.3 is 0 Å². The predicted molar refractivity (Wildman–Crippen MR) is 93.5 cm³/mol. The summed E-state index contributed by atoms with van der Waals surface area (Å²) < 4.78 is 25.8. The van der Waals surface area contributed by atoms with Gasteiger partial charge in [0.1, 0.15) is 11.6 Å². The first-order valence-corrected chi connectivity index (χ1v) is 8.58. The number of rotatable bonds is 6. The summed E-state index contributed by atoms with van der Waals surface area (Å²) in [7, 11) is 0. The van der Waals surface area contributed by atoms with Crippen LogP contribution in [0, 0.1) is 11.6 Å². The number of piperazine rings is 1. The average Bonchev–Trinajstić information content (AvgIpc) is 2.63. The summed E-state index contributed by atoms with van der Waals surface area (Å²) in [6.07, 6.45) is 0.448. The van der Waals surface area contributed by atoms with Gasteiger partial charge in [-0.3, -0.25) is 9.69 Å². The van der Waals surface area contributed by atoms with E-state index in [-0.39, 0.29) is 17.4 Å². The SMILES string of the molecule is O=C(CCN1CCN(Cc2ccc(F)cc2)CC1)c1ccc(F)cc1. The fourth-order valence-corrected chi connectivity index (χ4v) is 3.06. The topological polar surface area (TPSA) is 23.6 Å². The summed E-state index contributed by atoms with van der Waals surface area (Å²) in [5.74, 6) is -0.484. The molecule has 0 bridgehead atoms. The molecule has 1 aliphatic rings. The fraction of sp³-hybridized carbons (Fsp3) is 0.350. The molecular formula is C20H22F2N2O. The van der Waals surface area contributed by atoms with Gasteiger partial charge in [0.25, 0.3) is 0 Å². The van der Waals surface area contributed by atoms with Crippen molar-refractivity contribution in [2.75, 3.05) is 32.7 Å². The second-order valence-electron chi connectivity index (χ2n) is 6.42. The van der Waals surface area contributed by atoms with Gasteiger partial charge in [0.2, 0.25) is 0 Å². The maximum absolute atomic E-state index is 12.9. The number of benzene rings is 2. The first kappa shape index (κ1) is 17.7. The Morgan fingerprint density at radius 2 is 1.32 bits per heavy atom. The van der Waals surface area contributed by atoms with Crippen LogP contribution >= 0.6 is 0 Å². The largest absolute Gasteiger partial charge is 0.300 e. The van der Waals surface area contributed by atoms with E-state index in [9.17, 15) is 13.6 Å². The van der Waals surface area contributed by atoms with Crippen LogP contribution in [0.3, 0.4) is 0 Å². The molecule has 1 heterocycles. The van der Waals surface area contributed by atoms with Crippen LogP contribution in [0.5, 0.6) is 0 Å². The van der Waals surface area contributed by atoms with Crippen LogP contribution in [0.25, 0.3) is 0 Å². The Morgan fingerprint density at radius 1 is 0.800 bits per heavy atom. The van der Waals surface area contributed by atoms with Gasteiger partial charge in [0, 0.05) is 51.3 Å². The van der Waals surface area contributed by atoms with E-state index in [1.54, 1.807) is 0 Å². The molecule has 5 heteroatoms. The van der Waals surface area contributed by atoms with E-state index in [0.717, 1.165) is 44.8 Å².